The molecule has 4 nitrogen and oxygen atoms in total. The molecule has 0 radical (unpaired) electrons. The van der Waals surface area contributed by atoms with Crippen LogP contribution in [0.3, 0.4) is 0 Å². The molecule has 0 aliphatic carbocycles. The van der Waals surface area contributed by atoms with Crippen molar-refractivity contribution in [2.24, 2.45) is 10.1 Å². The second-order valence-electron chi connectivity index (χ2n) is 11.6. The molecule has 0 heterocycles. The molecule has 4 heteroatoms. The van der Waals surface area contributed by atoms with E-state index in [0.717, 1.165) is 65.3 Å². The van der Waals surface area contributed by atoms with E-state index in [-0.39, 0.29) is 0 Å². The lowest BCUT2D eigenvalue weighted by Gasteiger charge is -2.07. The summed E-state index contributed by atoms with van der Waals surface area (Å²) >= 11 is 0. The molecule has 0 bridgehead atoms. The average Bonchev–Trinajstić information content (AvgIpc) is 3.57. The number of rotatable bonds is 2. The summed E-state index contributed by atoms with van der Waals surface area (Å²) in [4.78, 5) is 7.86. The first-order chi connectivity index (χ1) is 22.7. The summed E-state index contributed by atoms with van der Waals surface area (Å²) in [7, 11) is 0. The second-order valence-corrected chi connectivity index (χ2v) is 11.6. The van der Waals surface area contributed by atoms with Gasteiger partial charge in [0, 0.05) is 21.5 Å². The van der Waals surface area contributed by atoms with E-state index >= 15 is 0 Å². The zero-order chi connectivity index (χ0) is 30.8. The number of hydrogen-bond acceptors (Lipinski definition) is 3. The lowest BCUT2D eigenvalue weighted by atomic mass is 9.97. The number of hydrogen-bond donors (Lipinski definition) is 0. The summed E-state index contributed by atoms with van der Waals surface area (Å²) in [5, 5.41) is 27.9. The highest BCUT2D eigenvalue weighted by Gasteiger charge is 2.18. The van der Waals surface area contributed by atoms with Crippen LogP contribution in [0, 0.1) is 18.0 Å². The predicted octanol–water partition coefficient (Wildman–Crippen LogP) is 9.93. The van der Waals surface area contributed by atoms with Gasteiger partial charge in [-0.25, -0.2) is 0 Å². The lowest BCUT2D eigenvalue weighted by molar-refractivity contribution is 1.37. The Morgan fingerprint density at radius 2 is 0.935 bits per heavy atom. The van der Waals surface area contributed by atoms with Crippen molar-refractivity contribution in [3.8, 4) is 28.4 Å². The first kappa shape index (κ1) is 25.8. The first-order valence-electron chi connectivity index (χ1n) is 15.1. The molecule has 0 amide bonds. The van der Waals surface area contributed by atoms with Gasteiger partial charge in [0.2, 0.25) is 6.19 Å². The van der Waals surface area contributed by atoms with Crippen LogP contribution in [0.5, 0.6) is 0 Å². The third-order valence-electron chi connectivity index (χ3n) is 9.31. The number of nitrogens with zero attached hydrogens (tertiary/aromatic N) is 4. The molecule has 0 aliphatic rings. The highest BCUT2D eigenvalue weighted by molar-refractivity contribution is 6.22. The number of fused-ring (bicyclic) bond motifs is 8. The normalized spacial score (nSPS) is 12.6. The zero-order valence-electron chi connectivity index (χ0n) is 24.5. The van der Waals surface area contributed by atoms with Gasteiger partial charge in [0.25, 0.3) is 0 Å². The predicted molar refractivity (Wildman–Crippen MR) is 188 cm³/mol. The summed E-state index contributed by atoms with van der Waals surface area (Å²) in [5.41, 5.74) is 4.42. The quantitative estimate of drug-likeness (QED) is 0.114. The molecule has 0 aromatic heterocycles. The van der Waals surface area contributed by atoms with E-state index in [1.807, 2.05) is 0 Å². The van der Waals surface area contributed by atoms with Crippen molar-refractivity contribution in [2.45, 2.75) is 0 Å². The van der Waals surface area contributed by atoms with Gasteiger partial charge in [-0.15, -0.1) is 4.95 Å². The minimum Gasteiger partial charge on any atom is -0.181 e. The van der Waals surface area contributed by atoms with Crippen LogP contribution in [0.2, 0.25) is 0 Å². The summed E-state index contributed by atoms with van der Waals surface area (Å²) in [6.45, 7) is 7.68. The molecule has 9 aromatic rings. The van der Waals surface area contributed by atoms with Crippen molar-refractivity contribution in [1.29, 1.82) is 5.26 Å². The Bertz CT molecular complexity index is 2730. The van der Waals surface area contributed by atoms with Gasteiger partial charge in [0.05, 0.1) is 10.5 Å². The molecular weight excluding hydrogens is 560 g/mol. The zero-order valence-corrected chi connectivity index (χ0v) is 24.5. The Kier molecular flexibility index (Phi) is 5.59. The Morgan fingerprint density at radius 3 is 1.48 bits per heavy atom. The Labute approximate surface area is 263 Å². The molecule has 0 fully saturated rings. The van der Waals surface area contributed by atoms with Crippen LogP contribution >= 0.6 is 0 Å². The van der Waals surface area contributed by atoms with Crippen molar-refractivity contribution in [3.63, 3.8) is 0 Å². The van der Waals surface area contributed by atoms with Crippen LogP contribution in [0.25, 0.3) is 91.8 Å². The highest BCUT2D eigenvalue weighted by Crippen LogP contribution is 2.37. The second kappa shape index (κ2) is 9.96. The maximum atomic E-state index is 9.79. The Hall–Kier alpha value is -6.62. The standard InChI is InChI=1S/C42H22N4/c1-44-46-42-38-21-28(32-15-7-11-26-9-3-5-13-30(26)32)17-19-34(38)36-22-39-35(23-40(36)42)33-18-16-27(20-37(33)41(39)45-24-43)31-14-6-10-25-8-2-4-12-29(25)31/h2-23H/b45-41?,46-42+. The van der Waals surface area contributed by atoms with Crippen LogP contribution in [0.15, 0.2) is 144 Å². The van der Waals surface area contributed by atoms with Gasteiger partial charge in [-0.2, -0.15) is 16.8 Å². The van der Waals surface area contributed by atoms with Crippen LogP contribution in [0.1, 0.15) is 0 Å². The van der Waals surface area contributed by atoms with E-state index < -0.39 is 0 Å². The van der Waals surface area contributed by atoms with Gasteiger partial charge in [-0.3, -0.25) is 0 Å². The van der Waals surface area contributed by atoms with Crippen LogP contribution in [-0.2, 0) is 0 Å². The summed E-state index contributed by atoms with van der Waals surface area (Å²) < 4.78 is 0. The maximum absolute atomic E-state index is 9.79. The fourth-order valence-electron chi connectivity index (χ4n) is 7.29. The first-order valence-corrected chi connectivity index (χ1v) is 15.1. The molecule has 210 valence electrons. The monoisotopic (exact) mass is 582 g/mol. The van der Waals surface area contributed by atoms with E-state index in [2.05, 4.69) is 155 Å². The lowest BCUT2D eigenvalue weighted by Crippen LogP contribution is -1.99. The molecule has 46 heavy (non-hydrogen) atoms. The molecule has 0 unspecified atom stereocenters. The van der Waals surface area contributed by atoms with E-state index in [4.69, 9.17) is 6.57 Å². The van der Waals surface area contributed by atoms with Gasteiger partial charge in [0.1, 0.15) is 0 Å². The molecule has 0 spiro atoms. The highest BCUT2D eigenvalue weighted by atomic mass is 15.2. The van der Waals surface area contributed by atoms with E-state index in [1.165, 1.54) is 21.5 Å². The van der Waals surface area contributed by atoms with E-state index in [1.54, 1.807) is 0 Å². The Morgan fingerprint density at radius 1 is 0.457 bits per heavy atom. The van der Waals surface area contributed by atoms with Gasteiger partial charge in [-0.05, 0) is 89.6 Å². The maximum Gasteiger partial charge on any atom is 0.206 e. The van der Waals surface area contributed by atoms with Crippen LogP contribution in [0.4, 0.5) is 0 Å². The van der Waals surface area contributed by atoms with Gasteiger partial charge in [-0.1, -0.05) is 109 Å². The van der Waals surface area contributed by atoms with Crippen LogP contribution < -0.4 is 10.7 Å². The van der Waals surface area contributed by atoms with Crippen molar-refractivity contribution < 1.29 is 0 Å². The molecule has 9 rings (SSSR count). The van der Waals surface area contributed by atoms with Crippen molar-refractivity contribution in [3.05, 3.63) is 156 Å². The van der Waals surface area contributed by atoms with Crippen molar-refractivity contribution in [1.82, 2.24) is 0 Å². The molecule has 0 aliphatic heterocycles. The van der Waals surface area contributed by atoms with Crippen molar-refractivity contribution in [2.75, 3.05) is 0 Å². The largest absolute Gasteiger partial charge is 0.206 e. The third-order valence-corrected chi connectivity index (χ3v) is 9.31. The molecule has 0 saturated heterocycles. The molecule has 0 saturated carbocycles. The van der Waals surface area contributed by atoms with Gasteiger partial charge >= 0.3 is 0 Å². The van der Waals surface area contributed by atoms with E-state index in [9.17, 15) is 5.26 Å². The van der Waals surface area contributed by atoms with E-state index in [0.29, 0.717) is 10.7 Å². The van der Waals surface area contributed by atoms with Crippen molar-refractivity contribution >= 4 is 64.6 Å². The smallest absolute Gasteiger partial charge is 0.181 e. The SMILES string of the molecule is [C-]#[N+]/N=c1\c2cc(-c3cccc4ccccc34)ccc2c2cc3c(=NC#N)c4cc(-c5cccc6ccccc56)ccc4c3cc12. The fraction of sp³-hybridized carbons (Fsp3) is 0. The van der Waals surface area contributed by atoms with Crippen LogP contribution in [-0.4, -0.2) is 0 Å². The summed E-state index contributed by atoms with van der Waals surface area (Å²) in [5.74, 6) is 0. The minimum atomic E-state index is 0.668. The molecule has 0 N–H and O–H groups in total. The molecule has 9 aromatic carbocycles. The third kappa shape index (κ3) is 3.72. The number of nitriles is 1. The van der Waals surface area contributed by atoms with Gasteiger partial charge in [0.15, 0.2) is 5.36 Å². The average molecular weight is 583 g/mol. The molecule has 0 atom stereocenters. The number of benzene rings is 7. The summed E-state index contributed by atoms with van der Waals surface area (Å²) in [6, 6.07) is 46.5. The fourth-order valence-corrected chi connectivity index (χ4v) is 7.29. The Balaban J connectivity index is 1.33. The van der Waals surface area contributed by atoms with Gasteiger partial charge < -0.3 is 0 Å². The summed E-state index contributed by atoms with van der Waals surface area (Å²) in [6.07, 6.45) is 2.06. The topological polar surface area (TPSA) is 52.9 Å². The molecular formula is C42H22N4. The minimum absolute atomic E-state index is 0.668.